The van der Waals surface area contributed by atoms with Crippen LogP contribution in [0.3, 0.4) is 0 Å². The van der Waals surface area contributed by atoms with Crippen molar-refractivity contribution >= 4 is 17.3 Å². The van der Waals surface area contributed by atoms with E-state index < -0.39 is 4.92 Å². The normalized spacial score (nSPS) is 14.9. The van der Waals surface area contributed by atoms with Crippen LogP contribution in [0.25, 0.3) is 0 Å². The summed E-state index contributed by atoms with van der Waals surface area (Å²) in [6, 6.07) is 6.41. The van der Waals surface area contributed by atoms with E-state index in [-0.39, 0.29) is 11.6 Å². The number of nitro benzene ring substituents is 1. The highest BCUT2D eigenvalue weighted by atomic mass is 16.6. The van der Waals surface area contributed by atoms with E-state index in [9.17, 15) is 20.2 Å². The molecule has 0 radical (unpaired) electrons. The number of amides is 1. The van der Waals surface area contributed by atoms with E-state index in [1.807, 2.05) is 13.0 Å². The first-order chi connectivity index (χ1) is 11.5. The molecule has 0 aliphatic carbocycles. The number of benzene rings is 1. The lowest BCUT2D eigenvalue weighted by atomic mass is 10.1. The highest BCUT2D eigenvalue weighted by Crippen LogP contribution is 2.24. The molecule has 1 aromatic rings. The van der Waals surface area contributed by atoms with Crippen LogP contribution in [-0.4, -0.2) is 50.1 Å². The van der Waals surface area contributed by atoms with Crippen molar-refractivity contribution in [2.75, 3.05) is 44.2 Å². The fourth-order valence-corrected chi connectivity index (χ4v) is 2.80. The zero-order valence-corrected chi connectivity index (χ0v) is 13.7. The van der Waals surface area contributed by atoms with Crippen molar-refractivity contribution in [2.45, 2.75) is 13.3 Å². The van der Waals surface area contributed by atoms with Gasteiger partial charge in [0.1, 0.15) is 6.07 Å². The average Bonchev–Trinajstić information content (AvgIpc) is 2.60. The fraction of sp³-hybridized carbons (Fsp3) is 0.500. The van der Waals surface area contributed by atoms with Crippen molar-refractivity contribution in [3.63, 3.8) is 0 Å². The molecule has 24 heavy (non-hydrogen) atoms. The number of nitrogens with one attached hydrogen (secondary N) is 2. The number of hydrogen-bond acceptors (Lipinski definition) is 5. The van der Waals surface area contributed by atoms with E-state index in [2.05, 4.69) is 10.2 Å². The van der Waals surface area contributed by atoms with Crippen LogP contribution in [0.15, 0.2) is 18.2 Å². The maximum Gasteiger partial charge on any atom is 0.275 e. The molecule has 0 saturated carbocycles. The van der Waals surface area contributed by atoms with Gasteiger partial charge in [0.15, 0.2) is 6.54 Å². The molecule has 0 bridgehead atoms. The Morgan fingerprint density at radius 3 is 2.75 bits per heavy atom. The molecule has 128 valence electrons. The standard InChI is InChI=1S/C16H21N5O3/c1-2-5-18-16(22)12-19-6-8-20(9-7-19)15-4-3-14(21(23)24)10-13(15)11-17/h3-4,10H,2,5-9,12H2,1H3,(H,18,22)/p+1. The Morgan fingerprint density at radius 1 is 1.46 bits per heavy atom. The summed E-state index contributed by atoms with van der Waals surface area (Å²) >= 11 is 0. The summed E-state index contributed by atoms with van der Waals surface area (Å²) in [4.78, 5) is 25.4. The van der Waals surface area contributed by atoms with Gasteiger partial charge in [0, 0.05) is 18.7 Å². The van der Waals surface area contributed by atoms with Crippen LogP contribution in [0, 0.1) is 21.4 Å². The molecule has 1 aliphatic heterocycles. The van der Waals surface area contributed by atoms with E-state index in [1.54, 1.807) is 6.07 Å². The van der Waals surface area contributed by atoms with Gasteiger partial charge >= 0.3 is 0 Å². The van der Waals surface area contributed by atoms with Crippen LogP contribution in [0.5, 0.6) is 0 Å². The molecule has 1 aromatic carbocycles. The highest BCUT2D eigenvalue weighted by molar-refractivity contribution is 5.76. The number of carbonyl (C=O) groups excluding carboxylic acids is 1. The molecule has 8 nitrogen and oxygen atoms in total. The molecular weight excluding hydrogens is 310 g/mol. The molecule has 2 N–H and O–H groups in total. The van der Waals surface area contributed by atoms with Crippen LogP contribution in [0.2, 0.25) is 0 Å². The number of quaternary nitrogens is 1. The van der Waals surface area contributed by atoms with Crippen LogP contribution in [0.4, 0.5) is 11.4 Å². The van der Waals surface area contributed by atoms with Crippen molar-refractivity contribution < 1.29 is 14.6 Å². The Hall–Kier alpha value is -2.66. The molecule has 0 unspecified atom stereocenters. The number of nitriles is 1. The number of carbonyl (C=O) groups is 1. The zero-order chi connectivity index (χ0) is 17.5. The predicted molar refractivity (Wildman–Crippen MR) is 88.9 cm³/mol. The van der Waals surface area contributed by atoms with Gasteiger partial charge in [-0.15, -0.1) is 0 Å². The molecule has 1 fully saturated rings. The van der Waals surface area contributed by atoms with E-state index >= 15 is 0 Å². The minimum atomic E-state index is -0.498. The summed E-state index contributed by atoms with van der Waals surface area (Å²) in [6.45, 7) is 6.18. The van der Waals surface area contributed by atoms with Gasteiger partial charge in [-0.3, -0.25) is 14.9 Å². The molecule has 1 heterocycles. The third-order valence-corrected chi connectivity index (χ3v) is 4.11. The Bertz CT molecular complexity index is 648. The molecule has 8 heteroatoms. The fourth-order valence-electron chi connectivity index (χ4n) is 2.80. The quantitative estimate of drug-likeness (QED) is 0.550. The Morgan fingerprint density at radius 2 is 2.17 bits per heavy atom. The minimum absolute atomic E-state index is 0.0633. The lowest BCUT2D eigenvalue weighted by Gasteiger charge is -2.33. The van der Waals surface area contributed by atoms with Crippen molar-refractivity contribution in [3.05, 3.63) is 33.9 Å². The third-order valence-electron chi connectivity index (χ3n) is 4.11. The van der Waals surface area contributed by atoms with Crippen molar-refractivity contribution in [2.24, 2.45) is 0 Å². The molecule has 0 atom stereocenters. The van der Waals surface area contributed by atoms with Crippen LogP contribution < -0.4 is 15.1 Å². The van der Waals surface area contributed by atoms with Crippen molar-refractivity contribution in [1.29, 1.82) is 5.26 Å². The van der Waals surface area contributed by atoms with Gasteiger partial charge in [-0.25, -0.2) is 0 Å². The van der Waals surface area contributed by atoms with Gasteiger partial charge in [-0.1, -0.05) is 6.92 Å². The SMILES string of the molecule is CCCNC(=O)C[NH+]1CCN(c2ccc([N+](=O)[O-])cc2C#N)CC1. The van der Waals surface area contributed by atoms with Gasteiger partial charge in [0.05, 0.1) is 42.4 Å². The molecular formula is C16H22N5O3+. The minimum Gasteiger partial charge on any atom is -0.359 e. The number of non-ortho nitro benzene ring substituents is 1. The first kappa shape index (κ1) is 17.7. The first-order valence-corrected chi connectivity index (χ1v) is 8.09. The first-order valence-electron chi connectivity index (χ1n) is 8.09. The van der Waals surface area contributed by atoms with Crippen molar-refractivity contribution in [1.82, 2.24) is 5.32 Å². The van der Waals surface area contributed by atoms with Crippen LogP contribution in [-0.2, 0) is 4.79 Å². The summed E-state index contributed by atoms with van der Waals surface area (Å²) < 4.78 is 0. The molecule has 1 aliphatic rings. The van der Waals surface area contributed by atoms with Crippen LogP contribution in [0.1, 0.15) is 18.9 Å². The number of hydrogen-bond donors (Lipinski definition) is 2. The number of nitro groups is 1. The van der Waals surface area contributed by atoms with E-state index in [1.165, 1.54) is 17.0 Å². The zero-order valence-electron chi connectivity index (χ0n) is 13.7. The molecule has 0 aromatic heterocycles. The number of piperazine rings is 1. The molecule has 0 spiro atoms. The average molecular weight is 332 g/mol. The van der Waals surface area contributed by atoms with Gasteiger partial charge in [0.2, 0.25) is 0 Å². The maximum absolute atomic E-state index is 11.8. The lowest BCUT2D eigenvalue weighted by molar-refractivity contribution is -0.892. The summed E-state index contributed by atoms with van der Waals surface area (Å²) in [5.41, 5.74) is 0.957. The number of anilines is 1. The Kier molecular flexibility index (Phi) is 6.09. The van der Waals surface area contributed by atoms with E-state index in [0.717, 1.165) is 25.2 Å². The second-order valence-electron chi connectivity index (χ2n) is 5.83. The van der Waals surface area contributed by atoms with E-state index in [0.29, 0.717) is 31.7 Å². The second-order valence-corrected chi connectivity index (χ2v) is 5.83. The maximum atomic E-state index is 11.8. The summed E-state index contributed by atoms with van der Waals surface area (Å²) in [5, 5.41) is 22.9. The van der Waals surface area contributed by atoms with Gasteiger partial charge in [0.25, 0.3) is 11.6 Å². The summed E-state index contributed by atoms with van der Waals surface area (Å²) in [5.74, 6) is 0.0633. The second kappa shape index (κ2) is 8.26. The Labute approximate surface area is 140 Å². The summed E-state index contributed by atoms with van der Waals surface area (Å²) in [7, 11) is 0. The third kappa shape index (κ3) is 4.43. The molecule has 1 saturated heterocycles. The molecule has 2 rings (SSSR count). The highest BCUT2D eigenvalue weighted by Gasteiger charge is 2.24. The van der Waals surface area contributed by atoms with Crippen LogP contribution >= 0.6 is 0 Å². The lowest BCUT2D eigenvalue weighted by Crippen LogP contribution is -3.16. The molecule has 1 amide bonds. The monoisotopic (exact) mass is 332 g/mol. The number of nitrogens with zero attached hydrogens (tertiary/aromatic N) is 3. The van der Waals surface area contributed by atoms with E-state index in [4.69, 9.17) is 0 Å². The largest absolute Gasteiger partial charge is 0.359 e. The predicted octanol–water partition coefficient (Wildman–Crippen LogP) is -0.302. The summed E-state index contributed by atoms with van der Waals surface area (Å²) in [6.07, 6.45) is 0.923. The smallest absolute Gasteiger partial charge is 0.275 e. The van der Waals surface area contributed by atoms with Crippen molar-refractivity contribution in [3.8, 4) is 6.07 Å². The van der Waals surface area contributed by atoms with Gasteiger partial charge in [-0.05, 0) is 12.5 Å². The van der Waals surface area contributed by atoms with Gasteiger partial charge < -0.3 is 15.1 Å². The Balaban J connectivity index is 1.96. The van der Waals surface area contributed by atoms with Gasteiger partial charge in [-0.2, -0.15) is 5.26 Å². The topological polar surface area (TPSA) is 104 Å². The number of rotatable bonds is 6.